The van der Waals surface area contributed by atoms with Crippen LogP contribution >= 0.6 is 0 Å². The van der Waals surface area contributed by atoms with Crippen LogP contribution in [0.3, 0.4) is 0 Å². The summed E-state index contributed by atoms with van der Waals surface area (Å²) >= 11 is 0. The Morgan fingerprint density at radius 2 is 2.26 bits per heavy atom. The number of hydrogen-bond acceptors (Lipinski definition) is 4. The predicted octanol–water partition coefficient (Wildman–Crippen LogP) is 2.18. The number of nitrogens with zero attached hydrogens (tertiary/aromatic N) is 2. The Morgan fingerprint density at radius 3 is 2.89 bits per heavy atom. The summed E-state index contributed by atoms with van der Waals surface area (Å²) in [6, 6.07) is 9.29. The molecule has 4 heteroatoms. The summed E-state index contributed by atoms with van der Waals surface area (Å²) in [6.07, 6.45) is 2.05. The van der Waals surface area contributed by atoms with Gasteiger partial charge in [0.05, 0.1) is 6.04 Å². The lowest BCUT2D eigenvalue weighted by atomic mass is 10.1. The smallest absolute Gasteiger partial charge is 0.282 e. The Kier molecular flexibility index (Phi) is 4.66. The van der Waals surface area contributed by atoms with Gasteiger partial charge < -0.3 is 15.4 Å². The zero-order valence-electron chi connectivity index (χ0n) is 11.8. The maximum atomic E-state index is 5.53. The van der Waals surface area contributed by atoms with Gasteiger partial charge in [-0.2, -0.15) is 0 Å². The third-order valence-corrected chi connectivity index (χ3v) is 3.53. The van der Waals surface area contributed by atoms with Gasteiger partial charge in [-0.3, -0.25) is 0 Å². The van der Waals surface area contributed by atoms with Gasteiger partial charge in [0.25, 0.3) is 6.02 Å². The molecule has 0 amide bonds. The fourth-order valence-corrected chi connectivity index (χ4v) is 2.33. The largest absolute Gasteiger partial charge is 0.463 e. The molecule has 0 bridgehead atoms. The monoisotopic (exact) mass is 261 g/mol. The molecule has 0 saturated heterocycles. The van der Waals surface area contributed by atoms with E-state index in [9.17, 15) is 0 Å². The SMILES string of the molecule is CCc1cccc(N(CC)CC[C@H]2COC(N)=N2)c1. The molecule has 1 aromatic rings. The summed E-state index contributed by atoms with van der Waals surface area (Å²) in [7, 11) is 0. The summed E-state index contributed by atoms with van der Waals surface area (Å²) in [5.41, 5.74) is 8.19. The molecule has 19 heavy (non-hydrogen) atoms. The molecule has 0 aromatic heterocycles. The fourth-order valence-electron chi connectivity index (χ4n) is 2.33. The molecule has 1 atom stereocenters. The number of nitrogens with two attached hydrogens (primary N) is 1. The number of hydrogen-bond donors (Lipinski definition) is 1. The molecular weight excluding hydrogens is 238 g/mol. The molecule has 1 aliphatic heterocycles. The summed E-state index contributed by atoms with van der Waals surface area (Å²) in [5, 5.41) is 0. The molecule has 0 fully saturated rings. The Bertz CT molecular complexity index is 445. The molecule has 4 nitrogen and oxygen atoms in total. The maximum Gasteiger partial charge on any atom is 0.282 e. The topological polar surface area (TPSA) is 50.9 Å². The number of aliphatic imine (C=N–C) groups is 1. The molecular formula is C15H23N3O. The van der Waals surface area contributed by atoms with Crippen molar-refractivity contribution in [3.05, 3.63) is 29.8 Å². The maximum absolute atomic E-state index is 5.53. The molecule has 1 aliphatic rings. The van der Waals surface area contributed by atoms with Crippen molar-refractivity contribution in [1.29, 1.82) is 0 Å². The Morgan fingerprint density at radius 1 is 1.42 bits per heavy atom. The van der Waals surface area contributed by atoms with Crippen molar-refractivity contribution < 1.29 is 4.74 Å². The summed E-state index contributed by atoms with van der Waals surface area (Å²) < 4.78 is 5.18. The van der Waals surface area contributed by atoms with Gasteiger partial charge in [-0.05, 0) is 37.5 Å². The van der Waals surface area contributed by atoms with Crippen molar-refractivity contribution in [1.82, 2.24) is 0 Å². The second-order valence-corrected chi connectivity index (χ2v) is 4.82. The molecule has 0 saturated carbocycles. The molecule has 1 aromatic carbocycles. The molecule has 0 radical (unpaired) electrons. The van der Waals surface area contributed by atoms with Crippen LogP contribution in [0.1, 0.15) is 25.8 Å². The first-order valence-electron chi connectivity index (χ1n) is 7.02. The standard InChI is InChI=1S/C15H23N3O/c1-3-12-6-5-7-14(10-12)18(4-2)9-8-13-11-19-15(16)17-13/h5-7,10,13H,3-4,8-9,11H2,1-2H3,(H2,16,17)/t13-/m0/s1. The van der Waals surface area contributed by atoms with Gasteiger partial charge in [0.1, 0.15) is 6.61 Å². The Balaban J connectivity index is 1.95. The first-order chi connectivity index (χ1) is 9.22. The molecule has 0 aliphatic carbocycles. The average molecular weight is 261 g/mol. The average Bonchev–Trinajstić information content (AvgIpc) is 2.85. The molecule has 2 N–H and O–H groups in total. The molecule has 2 rings (SSSR count). The minimum absolute atomic E-state index is 0.211. The summed E-state index contributed by atoms with van der Waals surface area (Å²) in [6.45, 7) is 6.97. The van der Waals surface area contributed by atoms with E-state index in [0.717, 1.165) is 25.9 Å². The number of benzene rings is 1. The number of amidine groups is 1. The van der Waals surface area contributed by atoms with E-state index in [1.165, 1.54) is 11.3 Å². The van der Waals surface area contributed by atoms with Crippen molar-refractivity contribution in [3.63, 3.8) is 0 Å². The number of ether oxygens (including phenoxy) is 1. The zero-order chi connectivity index (χ0) is 13.7. The first kappa shape index (κ1) is 13.7. The van der Waals surface area contributed by atoms with Crippen LogP contribution in [0.2, 0.25) is 0 Å². The lowest BCUT2D eigenvalue weighted by Gasteiger charge is -2.24. The van der Waals surface area contributed by atoms with Crippen molar-refractivity contribution in [3.8, 4) is 0 Å². The van der Waals surface area contributed by atoms with Crippen LogP contribution in [-0.2, 0) is 11.2 Å². The fraction of sp³-hybridized carbons (Fsp3) is 0.533. The van der Waals surface area contributed by atoms with Gasteiger partial charge in [-0.15, -0.1) is 0 Å². The van der Waals surface area contributed by atoms with Crippen LogP contribution in [0.4, 0.5) is 5.69 Å². The second-order valence-electron chi connectivity index (χ2n) is 4.82. The Hall–Kier alpha value is -1.71. The van der Waals surface area contributed by atoms with Gasteiger partial charge >= 0.3 is 0 Å². The van der Waals surface area contributed by atoms with E-state index in [0.29, 0.717) is 12.6 Å². The third-order valence-electron chi connectivity index (χ3n) is 3.53. The second kappa shape index (κ2) is 6.45. The van der Waals surface area contributed by atoms with Crippen LogP contribution in [0.25, 0.3) is 0 Å². The van der Waals surface area contributed by atoms with E-state index in [1.54, 1.807) is 0 Å². The van der Waals surface area contributed by atoms with E-state index >= 15 is 0 Å². The highest BCUT2D eigenvalue weighted by molar-refractivity contribution is 5.73. The summed E-state index contributed by atoms with van der Waals surface area (Å²) in [5.74, 6) is 0. The molecule has 0 unspecified atom stereocenters. The highest BCUT2D eigenvalue weighted by Crippen LogP contribution is 2.18. The number of aryl methyl sites for hydroxylation is 1. The van der Waals surface area contributed by atoms with E-state index in [4.69, 9.17) is 10.5 Å². The minimum Gasteiger partial charge on any atom is -0.463 e. The number of anilines is 1. The van der Waals surface area contributed by atoms with Crippen LogP contribution in [0.5, 0.6) is 0 Å². The van der Waals surface area contributed by atoms with E-state index in [1.807, 2.05) is 0 Å². The first-order valence-corrected chi connectivity index (χ1v) is 7.02. The molecule has 0 spiro atoms. The normalized spacial score (nSPS) is 18.0. The summed E-state index contributed by atoms with van der Waals surface area (Å²) in [4.78, 5) is 6.65. The van der Waals surface area contributed by atoms with Gasteiger partial charge in [0.2, 0.25) is 0 Å². The van der Waals surface area contributed by atoms with Crippen LogP contribution < -0.4 is 10.6 Å². The van der Waals surface area contributed by atoms with Gasteiger partial charge in [-0.1, -0.05) is 19.1 Å². The van der Waals surface area contributed by atoms with E-state index in [-0.39, 0.29) is 6.04 Å². The zero-order valence-corrected chi connectivity index (χ0v) is 11.8. The number of rotatable bonds is 6. The highest BCUT2D eigenvalue weighted by atomic mass is 16.5. The quantitative estimate of drug-likeness (QED) is 0.854. The van der Waals surface area contributed by atoms with Crippen LogP contribution in [-0.4, -0.2) is 31.8 Å². The van der Waals surface area contributed by atoms with Crippen molar-refractivity contribution in [2.45, 2.75) is 32.7 Å². The van der Waals surface area contributed by atoms with Crippen molar-refractivity contribution >= 4 is 11.7 Å². The van der Waals surface area contributed by atoms with Crippen molar-refractivity contribution in [2.75, 3.05) is 24.6 Å². The lowest BCUT2D eigenvalue weighted by Crippen LogP contribution is -2.27. The lowest BCUT2D eigenvalue weighted by molar-refractivity contribution is 0.308. The molecule has 1 heterocycles. The van der Waals surface area contributed by atoms with Crippen molar-refractivity contribution in [2.24, 2.45) is 10.7 Å². The van der Waals surface area contributed by atoms with Crippen LogP contribution in [0, 0.1) is 0 Å². The van der Waals surface area contributed by atoms with Gasteiger partial charge in [0, 0.05) is 18.8 Å². The minimum atomic E-state index is 0.211. The highest BCUT2D eigenvalue weighted by Gasteiger charge is 2.17. The Labute approximate surface area is 115 Å². The van der Waals surface area contributed by atoms with Crippen LogP contribution in [0.15, 0.2) is 29.3 Å². The predicted molar refractivity (Wildman–Crippen MR) is 79.7 cm³/mol. The van der Waals surface area contributed by atoms with Gasteiger partial charge in [0.15, 0.2) is 0 Å². The van der Waals surface area contributed by atoms with E-state index < -0.39 is 0 Å². The third kappa shape index (κ3) is 3.63. The molecule has 104 valence electrons. The van der Waals surface area contributed by atoms with E-state index in [2.05, 4.69) is 48.0 Å². The van der Waals surface area contributed by atoms with Gasteiger partial charge in [-0.25, -0.2) is 4.99 Å².